The largest absolute Gasteiger partial charge is 0.497 e. The lowest BCUT2D eigenvalue weighted by Crippen LogP contribution is -1.98. The van der Waals surface area contributed by atoms with Crippen molar-refractivity contribution in [2.75, 3.05) is 17.7 Å². The van der Waals surface area contributed by atoms with Gasteiger partial charge in [-0.15, -0.1) is 0 Å². The van der Waals surface area contributed by atoms with E-state index in [1.165, 1.54) is 11.9 Å². The summed E-state index contributed by atoms with van der Waals surface area (Å²) in [7, 11) is 1.65. The van der Waals surface area contributed by atoms with Gasteiger partial charge in [0.2, 0.25) is 0 Å². The molecule has 2 aromatic carbocycles. The second-order valence-corrected chi connectivity index (χ2v) is 6.04. The third kappa shape index (κ3) is 4.47. The first-order valence-electron chi connectivity index (χ1n) is 8.24. The van der Waals surface area contributed by atoms with E-state index in [0.29, 0.717) is 5.92 Å². The van der Waals surface area contributed by atoms with Gasteiger partial charge < -0.3 is 15.4 Å². The summed E-state index contributed by atoms with van der Waals surface area (Å²) in [5.41, 5.74) is 3.25. The zero-order valence-electron chi connectivity index (χ0n) is 14.7. The van der Waals surface area contributed by atoms with Crippen LogP contribution in [0, 0.1) is 0 Å². The van der Waals surface area contributed by atoms with Crippen molar-refractivity contribution in [2.24, 2.45) is 0 Å². The molecule has 0 amide bonds. The van der Waals surface area contributed by atoms with Crippen molar-refractivity contribution >= 4 is 23.0 Å². The molecule has 0 radical (unpaired) electrons. The maximum absolute atomic E-state index is 5.16. The molecule has 0 saturated carbocycles. The smallest absolute Gasteiger partial charge is 0.135 e. The fourth-order valence-electron chi connectivity index (χ4n) is 2.42. The molecule has 0 saturated heterocycles. The van der Waals surface area contributed by atoms with Gasteiger partial charge in [-0.25, -0.2) is 9.97 Å². The molecule has 0 aliphatic carbocycles. The van der Waals surface area contributed by atoms with E-state index in [9.17, 15) is 0 Å². The summed E-state index contributed by atoms with van der Waals surface area (Å²) in [4.78, 5) is 8.54. The van der Waals surface area contributed by atoms with Crippen LogP contribution in [0.4, 0.5) is 23.0 Å². The summed E-state index contributed by atoms with van der Waals surface area (Å²) in [5.74, 6) is 2.80. The maximum atomic E-state index is 5.16. The molecule has 0 aliphatic rings. The molecule has 1 heterocycles. The molecule has 3 rings (SSSR count). The number of benzene rings is 2. The Kier molecular flexibility index (Phi) is 5.14. The number of methoxy groups -OCH3 is 1. The van der Waals surface area contributed by atoms with Gasteiger partial charge in [-0.3, -0.25) is 0 Å². The summed E-state index contributed by atoms with van der Waals surface area (Å²) in [6.45, 7) is 4.37. The predicted molar refractivity (Wildman–Crippen MR) is 102 cm³/mol. The van der Waals surface area contributed by atoms with Crippen molar-refractivity contribution in [3.63, 3.8) is 0 Å². The molecule has 0 fully saturated rings. The van der Waals surface area contributed by atoms with Crippen LogP contribution in [0.5, 0.6) is 5.75 Å². The molecule has 2 N–H and O–H groups in total. The first-order valence-corrected chi connectivity index (χ1v) is 8.24. The highest BCUT2D eigenvalue weighted by Gasteiger charge is 2.03. The van der Waals surface area contributed by atoms with Crippen LogP contribution in [0.1, 0.15) is 25.3 Å². The van der Waals surface area contributed by atoms with E-state index < -0.39 is 0 Å². The van der Waals surface area contributed by atoms with Gasteiger partial charge in [0.05, 0.1) is 7.11 Å². The average molecular weight is 334 g/mol. The van der Waals surface area contributed by atoms with Crippen LogP contribution < -0.4 is 15.4 Å². The summed E-state index contributed by atoms with van der Waals surface area (Å²) in [6, 6.07) is 18.0. The molecular weight excluding hydrogens is 312 g/mol. The minimum Gasteiger partial charge on any atom is -0.497 e. The Balaban J connectivity index is 1.70. The van der Waals surface area contributed by atoms with E-state index in [4.69, 9.17) is 4.74 Å². The summed E-state index contributed by atoms with van der Waals surface area (Å²) >= 11 is 0. The Morgan fingerprint density at radius 2 is 1.32 bits per heavy atom. The number of hydrogen-bond acceptors (Lipinski definition) is 5. The van der Waals surface area contributed by atoms with Crippen LogP contribution in [-0.4, -0.2) is 17.1 Å². The van der Waals surface area contributed by atoms with Crippen LogP contribution in [0.2, 0.25) is 0 Å². The monoisotopic (exact) mass is 334 g/mol. The Bertz CT molecular complexity index is 814. The summed E-state index contributed by atoms with van der Waals surface area (Å²) in [5, 5.41) is 6.56. The van der Waals surface area contributed by atoms with E-state index in [2.05, 4.69) is 58.7 Å². The van der Waals surface area contributed by atoms with Crippen molar-refractivity contribution in [2.45, 2.75) is 19.8 Å². The number of rotatable bonds is 6. The number of nitrogens with one attached hydrogen (secondary N) is 2. The van der Waals surface area contributed by atoms with Crippen molar-refractivity contribution in [3.8, 4) is 5.75 Å². The minimum absolute atomic E-state index is 0.522. The van der Waals surface area contributed by atoms with Gasteiger partial charge >= 0.3 is 0 Å². The number of ether oxygens (including phenoxy) is 1. The van der Waals surface area contributed by atoms with Crippen LogP contribution in [0.3, 0.4) is 0 Å². The van der Waals surface area contributed by atoms with Crippen molar-refractivity contribution in [3.05, 3.63) is 66.5 Å². The second kappa shape index (κ2) is 7.66. The normalized spacial score (nSPS) is 10.6. The SMILES string of the molecule is COc1ccc(Nc2cc(Nc3ccc(C(C)C)cc3)ncn2)cc1. The van der Waals surface area contributed by atoms with Crippen LogP contribution in [0.25, 0.3) is 0 Å². The molecular formula is C20H22N4O. The molecule has 0 atom stereocenters. The molecule has 0 aliphatic heterocycles. The third-order valence-corrected chi connectivity index (χ3v) is 3.88. The van der Waals surface area contributed by atoms with Gasteiger partial charge in [0.1, 0.15) is 23.7 Å². The number of hydrogen-bond donors (Lipinski definition) is 2. The van der Waals surface area contributed by atoms with Crippen LogP contribution >= 0.6 is 0 Å². The predicted octanol–water partition coefficient (Wildman–Crippen LogP) is 5.10. The van der Waals surface area contributed by atoms with Crippen LogP contribution in [-0.2, 0) is 0 Å². The van der Waals surface area contributed by atoms with Gasteiger partial charge in [0, 0.05) is 17.4 Å². The highest BCUT2D eigenvalue weighted by molar-refractivity contribution is 5.63. The lowest BCUT2D eigenvalue weighted by atomic mass is 10.0. The molecule has 128 valence electrons. The Morgan fingerprint density at radius 1 is 0.800 bits per heavy atom. The van der Waals surface area contributed by atoms with Crippen LogP contribution in [0.15, 0.2) is 60.9 Å². The standard InChI is InChI=1S/C20H22N4O/c1-14(2)15-4-6-16(7-5-15)23-19-12-20(22-13-21-19)24-17-8-10-18(25-3)11-9-17/h4-14H,1-3H3,(H2,21,22,23,24). The number of aromatic nitrogens is 2. The minimum atomic E-state index is 0.522. The van der Waals surface area contributed by atoms with Gasteiger partial charge in [-0.2, -0.15) is 0 Å². The molecule has 1 aromatic heterocycles. The van der Waals surface area contributed by atoms with Gasteiger partial charge in [0.25, 0.3) is 0 Å². The van der Waals surface area contributed by atoms with E-state index in [0.717, 1.165) is 28.8 Å². The highest BCUT2D eigenvalue weighted by Crippen LogP contribution is 2.22. The number of nitrogens with zero attached hydrogens (tertiary/aromatic N) is 2. The molecule has 0 bridgehead atoms. The molecule has 0 spiro atoms. The second-order valence-electron chi connectivity index (χ2n) is 6.04. The Morgan fingerprint density at radius 3 is 1.80 bits per heavy atom. The number of anilines is 4. The topological polar surface area (TPSA) is 59.1 Å². The molecule has 0 unspecified atom stereocenters. The highest BCUT2D eigenvalue weighted by atomic mass is 16.5. The van der Waals surface area contributed by atoms with Gasteiger partial charge in [-0.05, 0) is 47.9 Å². The Labute approximate surface area is 148 Å². The average Bonchev–Trinajstić information content (AvgIpc) is 2.63. The van der Waals surface area contributed by atoms with Crippen molar-refractivity contribution in [1.82, 2.24) is 9.97 Å². The van der Waals surface area contributed by atoms with Crippen molar-refractivity contribution < 1.29 is 4.74 Å². The maximum Gasteiger partial charge on any atom is 0.135 e. The van der Waals surface area contributed by atoms with Crippen molar-refractivity contribution in [1.29, 1.82) is 0 Å². The summed E-state index contributed by atoms with van der Waals surface area (Å²) < 4.78 is 5.16. The zero-order valence-corrected chi connectivity index (χ0v) is 14.7. The lowest BCUT2D eigenvalue weighted by molar-refractivity contribution is 0.415. The fraction of sp³-hybridized carbons (Fsp3) is 0.200. The quantitative estimate of drug-likeness (QED) is 0.657. The summed E-state index contributed by atoms with van der Waals surface area (Å²) in [6.07, 6.45) is 1.54. The Hall–Kier alpha value is -3.08. The molecule has 5 heteroatoms. The van der Waals surface area contributed by atoms with E-state index in [1.807, 2.05) is 30.3 Å². The van der Waals surface area contributed by atoms with E-state index in [-0.39, 0.29) is 0 Å². The van der Waals surface area contributed by atoms with E-state index in [1.54, 1.807) is 7.11 Å². The first-order chi connectivity index (χ1) is 12.1. The third-order valence-electron chi connectivity index (χ3n) is 3.88. The zero-order chi connectivity index (χ0) is 17.6. The molecule has 25 heavy (non-hydrogen) atoms. The fourth-order valence-corrected chi connectivity index (χ4v) is 2.42. The first kappa shape index (κ1) is 16.8. The lowest BCUT2D eigenvalue weighted by Gasteiger charge is -2.10. The van der Waals surface area contributed by atoms with Gasteiger partial charge in [-0.1, -0.05) is 26.0 Å². The van der Waals surface area contributed by atoms with E-state index >= 15 is 0 Å². The van der Waals surface area contributed by atoms with Gasteiger partial charge in [0.15, 0.2) is 0 Å². The molecule has 5 nitrogen and oxygen atoms in total. The molecule has 3 aromatic rings.